The van der Waals surface area contributed by atoms with Crippen LogP contribution in [0.1, 0.15) is 19.8 Å². The van der Waals surface area contributed by atoms with E-state index in [1.165, 1.54) is 11.8 Å². The fourth-order valence-corrected chi connectivity index (χ4v) is 1.55. The van der Waals surface area contributed by atoms with E-state index in [0.717, 1.165) is 0 Å². The summed E-state index contributed by atoms with van der Waals surface area (Å²) in [7, 11) is 0. The minimum atomic E-state index is -1.22. The van der Waals surface area contributed by atoms with Crippen molar-refractivity contribution in [1.29, 1.82) is 0 Å². The van der Waals surface area contributed by atoms with E-state index in [1.54, 1.807) is 0 Å². The normalized spacial score (nSPS) is 27.7. The Morgan fingerprint density at radius 1 is 1.54 bits per heavy atom. The van der Waals surface area contributed by atoms with E-state index in [-0.39, 0.29) is 18.9 Å². The van der Waals surface area contributed by atoms with E-state index in [1.807, 2.05) is 0 Å². The standard InChI is InChI=1S/C8H13NO4/c1-6(10)9-3-2-8(13,5-9)4-7(11)12/h13H,2-5H2,1H3,(H,11,12). The summed E-state index contributed by atoms with van der Waals surface area (Å²) >= 11 is 0. The van der Waals surface area contributed by atoms with Crippen LogP contribution >= 0.6 is 0 Å². The summed E-state index contributed by atoms with van der Waals surface area (Å²) in [6, 6.07) is 0. The van der Waals surface area contributed by atoms with E-state index >= 15 is 0 Å². The highest BCUT2D eigenvalue weighted by Gasteiger charge is 2.38. The topological polar surface area (TPSA) is 77.8 Å². The maximum absolute atomic E-state index is 10.9. The number of rotatable bonds is 2. The van der Waals surface area contributed by atoms with Crippen LogP contribution in [0.2, 0.25) is 0 Å². The van der Waals surface area contributed by atoms with Gasteiger partial charge in [0.05, 0.1) is 12.0 Å². The van der Waals surface area contributed by atoms with Crippen molar-refractivity contribution in [3.63, 3.8) is 0 Å². The molecule has 5 nitrogen and oxygen atoms in total. The van der Waals surface area contributed by atoms with Gasteiger partial charge in [-0.25, -0.2) is 0 Å². The molecule has 1 unspecified atom stereocenters. The van der Waals surface area contributed by atoms with Gasteiger partial charge in [0, 0.05) is 20.0 Å². The number of hydrogen-bond acceptors (Lipinski definition) is 3. The smallest absolute Gasteiger partial charge is 0.306 e. The second-order valence-electron chi connectivity index (χ2n) is 3.49. The maximum atomic E-state index is 10.9. The van der Waals surface area contributed by atoms with Crippen LogP contribution in [0, 0.1) is 0 Å². The number of carbonyl (C=O) groups excluding carboxylic acids is 1. The second-order valence-corrected chi connectivity index (χ2v) is 3.49. The Bertz CT molecular complexity index is 240. The highest BCUT2D eigenvalue weighted by atomic mass is 16.4. The number of nitrogens with zero attached hydrogens (tertiary/aromatic N) is 1. The predicted molar refractivity (Wildman–Crippen MR) is 44.1 cm³/mol. The van der Waals surface area contributed by atoms with Crippen LogP contribution in [0.4, 0.5) is 0 Å². The van der Waals surface area contributed by atoms with Gasteiger partial charge in [0.15, 0.2) is 0 Å². The molecule has 1 saturated heterocycles. The zero-order chi connectivity index (χ0) is 10.1. The molecule has 0 spiro atoms. The van der Waals surface area contributed by atoms with E-state index in [0.29, 0.717) is 13.0 Å². The Morgan fingerprint density at radius 2 is 2.15 bits per heavy atom. The van der Waals surface area contributed by atoms with Gasteiger partial charge in [-0.3, -0.25) is 9.59 Å². The third kappa shape index (κ3) is 2.42. The van der Waals surface area contributed by atoms with E-state index < -0.39 is 11.6 Å². The third-order valence-corrected chi connectivity index (χ3v) is 2.26. The largest absolute Gasteiger partial charge is 0.481 e. The summed E-state index contributed by atoms with van der Waals surface area (Å²) in [5.74, 6) is -1.16. The van der Waals surface area contributed by atoms with Crippen molar-refractivity contribution in [2.24, 2.45) is 0 Å². The number of carboxylic acid groups (broad SMARTS) is 1. The lowest BCUT2D eigenvalue weighted by molar-refractivity contribution is -0.143. The highest BCUT2D eigenvalue weighted by molar-refractivity contribution is 5.74. The van der Waals surface area contributed by atoms with Gasteiger partial charge in [-0.1, -0.05) is 0 Å². The van der Waals surface area contributed by atoms with Gasteiger partial charge in [-0.05, 0) is 6.42 Å². The zero-order valence-electron chi connectivity index (χ0n) is 7.49. The minimum absolute atomic E-state index is 0.124. The molecular formula is C8H13NO4. The summed E-state index contributed by atoms with van der Waals surface area (Å²) in [6.07, 6.45) is 0.0513. The molecule has 1 atom stereocenters. The Balaban J connectivity index is 2.56. The van der Waals surface area contributed by atoms with Crippen LogP contribution in [0.3, 0.4) is 0 Å². The van der Waals surface area contributed by atoms with Crippen molar-refractivity contribution in [3.05, 3.63) is 0 Å². The SMILES string of the molecule is CC(=O)N1CCC(O)(CC(=O)O)C1. The number of β-amino-alcohol motifs (C(OH)–C–C–N with tert-alkyl or cyclic N) is 1. The Hall–Kier alpha value is -1.10. The first-order valence-electron chi connectivity index (χ1n) is 4.13. The fourth-order valence-electron chi connectivity index (χ4n) is 1.55. The zero-order valence-corrected chi connectivity index (χ0v) is 7.49. The van der Waals surface area contributed by atoms with Crippen LogP contribution in [0.25, 0.3) is 0 Å². The van der Waals surface area contributed by atoms with E-state index in [9.17, 15) is 14.7 Å². The van der Waals surface area contributed by atoms with E-state index in [4.69, 9.17) is 5.11 Å². The first-order valence-corrected chi connectivity index (χ1v) is 4.13. The molecule has 1 aliphatic rings. The molecule has 0 aliphatic carbocycles. The summed E-state index contributed by atoms with van der Waals surface area (Å²) in [5.41, 5.74) is -1.22. The molecule has 0 aromatic rings. The number of likely N-dealkylation sites (tertiary alicyclic amines) is 1. The molecule has 0 bridgehead atoms. The summed E-state index contributed by atoms with van der Waals surface area (Å²) < 4.78 is 0. The minimum Gasteiger partial charge on any atom is -0.481 e. The van der Waals surface area contributed by atoms with Crippen molar-refractivity contribution in [2.45, 2.75) is 25.4 Å². The Labute approximate surface area is 76.0 Å². The van der Waals surface area contributed by atoms with Crippen LogP contribution in [-0.2, 0) is 9.59 Å². The van der Waals surface area contributed by atoms with Gasteiger partial charge in [0.2, 0.25) is 5.91 Å². The Kier molecular flexibility index (Phi) is 2.56. The van der Waals surface area contributed by atoms with Gasteiger partial charge in [0.25, 0.3) is 0 Å². The lowest BCUT2D eigenvalue weighted by Crippen LogP contribution is -2.36. The molecule has 1 amide bonds. The first-order chi connectivity index (χ1) is 5.93. The fraction of sp³-hybridized carbons (Fsp3) is 0.750. The van der Waals surface area contributed by atoms with Crippen LogP contribution in [0.15, 0.2) is 0 Å². The van der Waals surface area contributed by atoms with Gasteiger partial charge in [-0.2, -0.15) is 0 Å². The summed E-state index contributed by atoms with van der Waals surface area (Å²) in [5, 5.41) is 18.2. The van der Waals surface area contributed by atoms with Crippen molar-refractivity contribution < 1.29 is 19.8 Å². The molecule has 0 aromatic carbocycles. The summed E-state index contributed by atoms with van der Waals surface area (Å²) in [6.45, 7) is 1.99. The molecule has 74 valence electrons. The highest BCUT2D eigenvalue weighted by Crippen LogP contribution is 2.24. The number of aliphatic carboxylic acids is 1. The summed E-state index contributed by atoms with van der Waals surface area (Å²) in [4.78, 5) is 22.7. The number of amides is 1. The van der Waals surface area contributed by atoms with Crippen LogP contribution < -0.4 is 0 Å². The van der Waals surface area contributed by atoms with Gasteiger partial charge in [-0.15, -0.1) is 0 Å². The monoisotopic (exact) mass is 187 g/mol. The van der Waals surface area contributed by atoms with Gasteiger partial charge >= 0.3 is 5.97 Å². The first kappa shape index (κ1) is 9.98. The molecule has 0 aromatic heterocycles. The molecule has 2 N–H and O–H groups in total. The molecule has 13 heavy (non-hydrogen) atoms. The van der Waals surface area contributed by atoms with Crippen LogP contribution in [0.5, 0.6) is 0 Å². The molecule has 1 rings (SSSR count). The average Bonchev–Trinajstić information content (AvgIpc) is 2.29. The maximum Gasteiger partial charge on any atom is 0.306 e. The van der Waals surface area contributed by atoms with Crippen molar-refractivity contribution in [1.82, 2.24) is 4.90 Å². The molecule has 5 heteroatoms. The predicted octanol–water partition coefficient (Wildman–Crippen LogP) is -0.556. The average molecular weight is 187 g/mol. The van der Waals surface area contributed by atoms with Crippen molar-refractivity contribution in [2.75, 3.05) is 13.1 Å². The molecule has 1 heterocycles. The van der Waals surface area contributed by atoms with Gasteiger partial charge in [0.1, 0.15) is 0 Å². The van der Waals surface area contributed by atoms with Gasteiger partial charge < -0.3 is 15.1 Å². The molecule has 0 radical (unpaired) electrons. The number of carbonyl (C=O) groups is 2. The lowest BCUT2D eigenvalue weighted by Gasteiger charge is -2.20. The number of aliphatic hydroxyl groups is 1. The number of carboxylic acids is 1. The van der Waals surface area contributed by atoms with Crippen molar-refractivity contribution in [3.8, 4) is 0 Å². The molecule has 1 aliphatic heterocycles. The molecular weight excluding hydrogens is 174 g/mol. The molecule has 1 fully saturated rings. The van der Waals surface area contributed by atoms with Crippen molar-refractivity contribution >= 4 is 11.9 Å². The Morgan fingerprint density at radius 3 is 2.54 bits per heavy atom. The molecule has 0 saturated carbocycles. The van der Waals surface area contributed by atoms with E-state index in [2.05, 4.69) is 0 Å². The lowest BCUT2D eigenvalue weighted by atomic mass is 9.99. The van der Waals surface area contributed by atoms with Crippen LogP contribution in [-0.4, -0.2) is 45.7 Å². The third-order valence-electron chi connectivity index (χ3n) is 2.26. The number of hydrogen-bond donors (Lipinski definition) is 2. The second kappa shape index (κ2) is 3.33. The quantitative estimate of drug-likeness (QED) is 0.607.